The Morgan fingerprint density at radius 1 is 1.21 bits per heavy atom. The number of hydrogen-bond donors (Lipinski definition) is 4. The number of hydrogen-bond acceptors (Lipinski definition) is 7. The number of amides is 2. The van der Waals surface area contributed by atoms with Gasteiger partial charge in [-0.3, -0.25) is 19.2 Å². The summed E-state index contributed by atoms with van der Waals surface area (Å²) < 4.78 is 10.6. The summed E-state index contributed by atoms with van der Waals surface area (Å²) in [4.78, 5) is 60.0. The Bertz CT molecular complexity index is 987. The molecule has 1 aromatic carbocycles. The van der Waals surface area contributed by atoms with Crippen molar-refractivity contribution in [3.05, 3.63) is 33.8 Å². The second-order valence-corrected chi connectivity index (χ2v) is 8.98. The van der Waals surface area contributed by atoms with Crippen LogP contribution >= 0.6 is 23.2 Å². The molecule has 0 saturated carbocycles. The zero-order chi connectivity index (χ0) is 25.6. The van der Waals surface area contributed by atoms with Crippen LogP contribution in [0.3, 0.4) is 0 Å². The van der Waals surface area contributed by atoms with Gasteiger partial charge in [0.15, 0.2) is 5.60 Å². The van der Waals surface area contributed by atoms with Crippen molar-refractivity contribution in [2.24, 2.45) is 5.92 Å². The molecule has 0 radical (unpaired) electrons. The van der Waals surface area contributed by atoms with E-state index in [9.17, 15) is 29.1 Å². The summed E-state index contributed by atoms with van der Waals surface area (Å²) in [6, 6.07) is 4.26. The maximum absolute atomic E-state index is 12.5. The first kappa shape index (κ1) is 27.4. The molecule has 1 aliphatic heterocycles. The summed E-state index contributed by atoms with van der Waals surface area (Å²) in [5.41, 5.74) is -2.28. The lowest BCUT2D eigenvalue weighted by molar-refractivity contribution is -0.175. The number of carboxylic acids is 2. The van der Waals surface area contributed by atoms with E-state index in [1.165, 1.54) is 18.2 Å². The molecule has 2 rings (SSSR count). The topological polar surface area (TPSA) is 168 Å². The minimum absolute atomic E-state index is 0.0603. The molecule has 14 heteroatoms. The molecule has 4 N–H and O–H groups in total. The summed E-state index contributed by atoms with van der Waals surface area (Å²) in [5.74, 6) is -6.54. The minimum Gasteiger partial charge on any atom is -0.508 e. The molecule has 184 valence electrons. The van der Waals surface area contributed by atoms with Crippen molar-refractivity contribution in [3.63, 3.8) is 0 Å². The molecule has 1 fully saturated rings. The molecule has 11 nitrogen and oxygen atoms in total. The number of carboxylic acid groups (broad SMARTS) is 2. The van der Waals surface area contributed by atoms with Crippen LogP contribution in [-0.2, 0) is 28.5 Å². The van der Waals surface area contributed by atoms with E-state index in [0.29, 0.717) is 0 Å². The van der Waals surface area contributed by atoms with Crippen molar-refractivity contribution in [2.45, 2.75) is 44.7 Å². The molecule has 0 spiro atoms. The Morgan fingerprint density at radius 2 is 1.88 bits per heavy atom. The van der Waals surface area contributed by atoms with Gasteiger partial charge in [0.05, 0.1) is 35.9 Å². The summed E-state index contributed by atoms with van der Waals surface area (Å²) in [6.45, 7) is 3.11. The Kier molecular flexibility index (Phi) is 9.31. The van der Waals surface area contributed by atoms with Crippen molar-refractivity contribution < 1.29 is 43.5 Å². The Hall–Kier alpha value is -2.83. The molecule has 34 heavy (non-hydrogen) atoms. The molecule has 1 saturated heterocycles. The lowest BCUT2D eigenvalue weighted by Gasteiger charge is -2.37. The lowest BCUT2D eigenvalue weighted by atomic mass is 9.70. The van der Waals surface area contributed by atoms with Gasteiger partial charge in [0.1, 0.15) is 0 Å². The van der Waals surface area contributed by atoms with E-state index in [4.69, 9.17) is 37.6 Å². The van der Waals surface area contributed by atoms with Crippen LogP contribution in [0.15, 0.2) is 18.2 Å². The van der Waals surface area contributed by atoms with Crippen LogP contribution in [0.5, 0.6) is 0 Å². The van der Waals surface area contributed by atoms with E-state index in [-0.39, 0.29) is 27.9 Å². The normalized spacial score (nSPS) is 18.7. The maximum Gasteiger partial charge on any atom is 0.552 e. The average Bonchev–Trinajstić information content (AvgIpc) is 2.71. The molecule has 1 heterocycles. The summed E-state index contributed by atoms with van der Waals surface area (Å²) >= 11 is 11.8. The molecule has 0 aliphatic carbocycles. The van der Waals surface area contributed by atoms with E-state index < -0.39 is 67.8 Å². The fraction of sp³-hybridized carbons (Fsp3) is 0.450. The van der Waals surface area contributed by atoms with Gasteiger partial charge in [-0.25, -0.2) is 4.79 Å². The highest BCUT2D eigenvalue weighted by Gasteiger charge is 2.54. The molecule has 0 unspecified atom stereocenters. The summed E-state index contributed by atoms with van der Waals surface area (Å²) in [6.07, 6.45) is -1.59. The van der Waals surface area contributed by atoms with Crippen LogP contribution in [0, 0.1) is 5.92 Å². The van der Waals surface area contributed by atoms with Crippen LogP contribution in [0.4, 0.5) is 0 Å². The number of aliphatic carboxylic acids is 2. The van der Waals surface area contributed by atoms with E-state index in [1.807, 2.05) is 0 Å². The molecule has 2 amide bonds. The molecule has 1 aliphatic rings. The standard InChI is InChI=1S/C20H23BCl2N2O9/c1-10(2)5-14(21-33-17(29)8-20(34-21,19(31)32)7-16(27)28)25-15(26)9-24-18(30)12-6-11(22)3-4-13(12)23/h3-4,6,10,14H,5,7-9H2,1-2H3,(H,24,30)(H,25,26)(H,27,28)(H,31,32)/t14-,20-/m0/s1. The maximum atomic E-state index is 12.5. The van der Waals surface area contributed by atoms with Crippen LogP contribution in [0.1, 0.15) is 43.5 Å². The van der Waals surface area contributed by atoms with Crippen LogP contribution in [0.25, 0.3) is 0 Å². The van der Waals surface area contributed by atoms with Gasteiger partial charge in [0.25, 0.3) is 11.9 Å². The van der Waals surface area contributed by atoms with Crippen LogP contribution in [0.2, 0.25) is 10.0 Å². The fourth-order valence-corrected chi connectivity index (χ4v) is 3.71. The zero-order valence-corrected chi connectivity index (χ0v) is 19.8. The smallest absolute Gasteiger partial charge is 0.508 e. The molecule has 2 atom stereocenters. The van der Waals surface area contributed by atoms with Crippen molar-refractivity contribution >= 4 is 60.0 Å². The van der Waals surface area contributed by atoms with Gasteiger partial charge in [-0.2, -0.15) is 0 Å². The monoisotopic (exact) mass is 516 g/mol. The molecular formula is C20H23BCl2N2O9. The molecule has 1 aromatic rings. The van der Waals surface area contributed by atoms with Gasteiger partial charge < -0.3 is 30.2 Å². The Morgan fingerprint density at radius 3 is 2.47 bits per heavy atom. The zero-order valence-electron chi connectivity index (χ0n) is 18.3. The highest BCUT2D eigenvalue weighted by molar-refractivity contribution is 6.50. The van der Waals surface area contributed by atoms with Gasteiger partial charge >= 0.3 is 19.1 Å². The fourth-order valence-electron chi connectivity index (χ4n) is 3.34. The van der Waals surface area contributed by atoms with Gasteiger partial charge in [-0.15, -0.1) is 0 Å². The highest BCUT2D eigenvalue weighted by atomic mass is 35.5. The van der Waals surface area contributed by atoms with Crippen LogP contribution in [-0.4, -0.2) is 65.1 Å². The number of carbonyl (C=O) groups is 5. The Balaban J connectivity index is 2.13. The van der Waals surface area contributed by atoms with E-state index >= 15 is 0 Å². The largest absolute Gasteiger partial charge is 0.552 e. The third kappa shape index (κ3) is 7.34. The summed E-state index contributed by atoms with van der Waals surface area (Å²) in [5, 5.41) is 24.0. The van der Waals surface area contributed by atoms with Gasteiger partial charge in [-0.05, 0) is 30.5 Å². The first-order valence-electron chi connectivity index (χ1n) is 10.2. The van der Waals surface area contributed by atoms with E-state index in [2.05, 4.69) is 10.6 Å². The molecule has 0 aromatic heterocycles. The number of halogens is 2. The van der Waals surface area contributed by atoms with E-state index in [1.54, 1.807) is 13.8 Å². The average molecular weight is 517 g/mol. The quantitative estimate of drug-likeness (QED) is 0.337. The predicted molar refractivity (Wildman–Crippen MR) is 120 cm³/mol. The number of carbonyl (C=O) groups excluding carboxylic acids is 3. The molecule has 0 bridgehead atoms. The molecular weight excluding hydrogens is 494 g/mol. The number of rotatable bonds is 10. The van der Waals surface area contributed by atoms with Crippen molar-refractivity contribution in [1.82, 2.24) is 10.6 Å². The van der Waals surface area contributed by atoms with Gasteiger partial charge in [0, 0.05) is 5.02 Å². The van der Waals surface area contributed by atoms with Crippen molar-refractivity contribution in [1.29, 1.82) is 0 Å². The minimum atomic E-state index is -2.34. The third-order valence-electron chi connectivity index (χ3n) is 4.83. The second-order valence-electron chi connectivity index (χ2n) is 8.13. The first-order chi connectivity index (χ1) is 15.8. The second kappa shape index (κ2) is 11.5. The number of benzene rings is 1. The first-order valence-corrected chi connectivity index (χ1v) is 10.9. The van der Waals surface area contributed by atoms with Crippen molar-refractivity contribution in [2.75, 3.05) is 6.54 Å². The van der Waals surface area contributed by atoms with E-state index in [0.717, 1.165) is 0 Å². The van der Waals surface area contributed by atoms with Gasteiger partial charge in [-0.1, -0.05) is 37.0 Å². The summed E-state index contributed by atoms with van der Waals surface area (Å²) in [7, 11) is -1.55. The third-order valence-corrected chi connectivity index (χ3v) is 5.39. The van der Waals surface area contributed by atoms with Crippen LogP contribution < -0.4 is 10.6 Å². The Labute approximate surface area is 205 Å². The number of nitrogens with one attached hydrogen (secondary N) is 2. The van der Waals surface area contributed by atoms with Gasteiger partial charge in [0.2, 0.25) is 5.91 Å². The van der Waals surface area contributed by atoms with Crippen molar-refractivity contribution in [3.8, 4) is 0 Å². The highest BCUT2D eigenvalue weighted by Crippen LogP contribution is 2.30. The SMILES string of the molecule is CC(C)C[C@H](NC(=O)CNC(=O)c1cc(Cl)ccc1Cl)B1OC(=O)C[C@@](CC(=O)O)(C(=O)O)O1. The predicted octanol–water partition coefficient (Wildman–Crippen LogP) is 1.54. The lowest BCUT2D eigenvalue weighted by Crippen LogP contribution is -2.61.